The van der Waals surface area contributed by atoms with Crippen molar-refractivity contribution in [2.45, 2.75) is 25.2 Å². The van der Waals surface area contributed by atoms with E-state index < -0.39 is 5.97 Å². The molecular formula is C17H18O4. The van der Waals surface area contributed by atoms with E-state index >= 15 is 0 Å². The molecule has 21 heavy (non-hydrogen) atoms. The van der Waals surface area contributed by atoms with E-state index in [4.69, 9.17) is 5.11 Å². The lowest BCUT2D eigenvalue weighted by molar-refractivity contribution is -0.137. The average molecular weight is 286 g/mol. The minimum Gasteiger partial charge on any atom is -0.508 e. The van der Waals surface area contributed by atoms with E-state index in [-0.39, 0.29) is 23.8 Å². The van der Waals surface area contributed by atoms with Crippen molar-refractivity contribution < 1.29 is 20.1 Å². The van der Waals surface area contributed by atoms with Crippen LogP contribution in [0.15, 0.2) is 48.5 Å². The van der Waals surface area contributed by atoms with E-state index in [0.29, 0.717) is 12.8 Å². The number of phenols is 2. The van der Waals surface area contributed by atoms with Crippen molar-refractivity contribution in [2.75, 3.05) is 0 Å². The van der Waals surface area contributed by atoms with E-state index in [1.165, 1.54) is 0 Å². The molecule has 110 valence electrons. The Labute approximate surface area is 123 Å². The normalized spacial score (nSPS) is 10.7. The lowest BCUT2D eigenvalue weighted by Gasteiger charge is -2.18. The van der Waals surface area contributed by atoms with Gasteiger partial charge in [-0.2, -0.15) is 0 Å². The number of aliphatic carboxylic acids is 1. The molecule has 0 bridgehead atoms. The molecule has 0 aliphatic rings. The second kappa shape index (κ2) is 6.79. The molecular weight excluding hydrogens is 268 g/mol. The fraction of sp³-hybridized carbons (Fsp3) is 0.235. The first-order chi connectivity index (χ1) is 10.1. The predicted molar refractivity (Wildman–Crippen MR) is 79.5 cm³/mol. The van der Waals surface area contributed by atoms with Gasteiger partial charge in [0.1, 0.15) is 11.5 Å². The van der Waals surface area contributed by atoms with Gasteiger partial charge in [-0.3, -0.25) is 4.79 Å². The molecule has 0 saturated heterocycles. The molecule has 4 heteroatoms. The Morgan fingerprint density at radius 3 is 1.67 bits per heavy atom. The van der Waals surface area contributed by atoms with Crippen LogP contribution in [-0.4, -0.2) is 21.3 Å². The molecule has 0 amide bonds. The molecule has 0 aliphatic carbocycles. The van der Waals surface area contributed by atoms with E-state index in [0.717, 1.165) is 11.1 Å². The number of aromatic hydroxyl groups is 2. The van der Waals surface area contributed by atoms with Crippen LogP contribution in [0.1, 0.15) is 36.3 Å². The summed E-state index contributed by atoms with van der Waals surface area (Å²) in [6, 6.07) is 13.9. The molecule has 3 N–H and O–H groups in total. The van der Waals surface area contributed by atoms with E-state index in [2.05, 4.69) is 0 Å². The minimum atomic E-state index is -0.801. The molecule has 0 spiro atoms. The van der Waals surface area contributed by atoms with Crippen LogP contribution in [0.3, 0.4) is 0 Å². The number of hydrogen-bond acceptors (Lipinski definition) is 3. The number of carbonyl (C=O) groups is 1. The van der Waals surface area contributed by atoms with Crippen LogP contribution >= 0.6 is 0 Å². The van der Waals surface area contributed by atoms with Gasteiger partial charge in [-0.1, -0.05) is 24.3 Å². The molecule has 0 radical (unpaired) electrons. The van der Waals surface area contributed by atoms with Crippen LogP contribution in [0, 0.1) is 0 Å². The molecule has 0 aromatic heterocycles. The summed E-state index contributed by atoms with van der Waals surface area (Å²) in [5.74, 6) is -0.349. The van der Waals surface area contributed by atoms with Gasteiger partial charge in [0.2, 0.25) is 0 Å². The number of benzene rings is 2. The quantitative estimate of drug-likeness (QED) is 0.759. The fourth-order valence-electron chi connectivity index (χ4n) is 2.40. The number of carboxylic acid groups (broad SMARTS) is 1. The van der Waals surface area contributed by atoms with Gasteiger partial charge in [0.25, 0.3) is 0 Å². The van der Waals surface area contributed by atoms with E-state index in [1.807, 2.05) is 24.3 Å². The van der Waals surface area contributed by atoms with Gasteiger partial charge < -0.3 is 15.3 Å². The first-order valence-electron chi connectivity index (χ1n) is 6.86. The molecule has 0 atom stereocenters. The molecule has 0 aliphatic heterocycles. The molecule has 2 aromatic rings. The molecule has 2 rings (SSSR count). The Kier molecular flexibility index (Phi) is 4.82. The van der Waals surface area contributed by atoms with Crippen molar-refractivity contribution in [1.29, 1.82) is 0 Å². The largest absolute Gasteiger partial charge is 0.508 e. The second-order valence-electron chi connectivity index (χ2n) is 5.02. The summed E-state index contributed by atoms with van der Waals surface area (Å²) in [4.78, 5) is 10.7. The number of carboxylic acids is 1. The van der Waals surface area contributed by atoms with E-state index in [9.17, 15) is 15.0 Å². The molecule has 0 fully saturated rings. The SMILES string of the molecule is O=C(O)CCCC(c1ccc(O)cc1)c1ccc(O)cc1. The number of rotatable bonds is 6. The van der Waals surface area contributed by atoms with Crippen LogP contribution in [0.5, 0.6) is 11.5 Å². The van der Waals surface area contributed by atoms with Gasteiger partial charge >= 0.3 is 5.97 Å². The maximum atomic E-state index is 10.7. The summed E-state index contributed by atoms with van der Waals surface area (Å²) in [6.07, 6.45) is 1.40. The number of phenolic OH excluding ortho intramolecular Hbond substituents is 2. The van der Waals surface area contributed by atoms with Crippen molar-refractivity contribution in [3.8, 4) is 11.5 Å². The van der Waals surface area contributed by atoms with Gasteiger partial charge in [-0.25, -0.2) is 0 Å². The summed E-state index contributed by atoms with van der Waals surface area (Å²) in [6.45, 7) is 0. The highest BCUT2D eigenvalue weighted by Crippen LogP contribution is 2.31. The van der Waals surface area contributed by atoms with Crippen molar-refractivity contribution in [1.82, 2.24) is 0 Å². The summed E-state index contributed by atoms with van der Waals surface area (Å²) < 4.78 is 0. The Bertz CT molecular complexity index is 542. The third kappa shape index (κ3) is 4.24. The van der Waals surface area contributed by atoms with Gasteiger partial charge in [0.15, 0.2) is 0 Å². The zero-order valence-electron chi connectivity index (χ0n) is 11.6. The third-order valence-corrected chi connectivity index (χ3v) is 3.47. The fourth-order valence-corrected chi connectivity index (χ4v) is 2.40. The Hall–Kier alpha value is -2.49. The lowest BCUT2D eigenvalue weighted by Crippen LogP contribution is -2.03. The van der Waals surface area contributed by atoms with Crippen LogP contribution in [0.2, 0.25) is 0 Å². The first-order valence-corrected chi connectivity index (χ1v) is 6.86. The smallest absolute Gasteiger partial charge is 0.303 e. The maximum Gasteiger partial charge on any atom is 0.303 e. The van der Waals surface area contributed by atoms with Gasteiger partial charge in [-0.15, -0.1) is 0 Å². The average Bonchev–Trinajstić information content (AvgIpc) is 2.46. The predicted octanol–water partition coefficient (Wildman–Crippen LogP) is 3.48. The van der Waals surface area contributed by atoms with Crippen LogP contribution in [-0.2, 0) is 4.79 Å². The third-order valence-electron chi connectivity index (χ3n) is 3.47. The van der Waals surface area contributed by atoms with E-state index in [1.54, 1.807) is 24.3 Å². The number of hydrogen-bond donors (Lipinski definition) is 3. The Morgan fingerprint density at radius 2 is 1.29 bits per heavy atom. The van der Waals surface area contributed by atoms with Gasteiger partial charge in [0, 0.05) is 12.3 Å². The highest BCUT2D eigenvalue weighted by atomic mass is 16.4. The van der Waals surface area contributed by atoms with Crippen LogP contribution < -0.4 is 0 Å². The molecule has 4 nitrogen and oxygen atoms in total. The van der Waals surface area contributed by atoms with Crippen molar-refractivity contribution >= 4 is 5.97 Å². The highest BCUT2D eigenvalue weighted by molar-refractivity contribution is 5.66. The van der Waals surface area contributed by atoms with Crippen molar-refractivity contribution in [3.05, 3.63) is 59.7 Å². The zero-order chi connectivity index (χ0) is 15.2. The van der Waals surface area contributed by atoms with Crippen molar-refractivity contribution in [2.24, 2.45) is 0 Å². The highest BCUT2D eigenvalue weighted by Gasteiger charge is 2.15. The second-order valence-corrected chi connectivity index (χ2v) is 5.02. The zero-order valence-corrected chi connectivity index (χ0v) is 11.6. The van der Waals surface area contributed by atoms with Gasteiger partial charge in [0.05, 0.1) is 0 Å². The Morgan fingerprint density at radius 1 is 0.857 bits per heavy atom. The molecule has 2 aromatic carbocycles. The standard InChI is InChI=1S/C17H18O4/c18-14-8-4-12(5-9-14)16(2-1-3-17(20)21)13-6-10-15(19)11-7-13/h4-11,16,18-19H,1-3H2,(H,20,21). The monoisotopic (exact) mass is 286 g/mol. The van der Waals surface area contributed by atoms with Crippen molar-refractivity contribution in [3.63, 3.8) is 0 Å². The van der Waals surface area contributed by atoms with Gasteiger partial charge in [-0.05, 0) is 48.2 Å². The summed E-state index contributed by atoms with van der Waals surface area (Å²) in [5.41, 5.74) is 2.03. The van der Waals surface area contributed by atoms with Crippen LogP contribution in [0.25, 0.3) is 0 Å². The lowest BCUT2D eigenvalue weighted by atomic mass is 9.87. The molecule has 0 heterocycles. The summed E-state index contributed by atoms with van der Waals surface area (Å²) >= 11 is 0. The minimum absolute atomic E-state index is 0.0468. The van der Waals surface area contributed by atoms with Crippen LogP contribution in [0.4, 0.5) is 0 Å². The Balaban J connectivity index is 2.22. The molecule has 0 unspecified atom stereocenters. The topological polar surface area (TPSA) is 77.8 Å². The maximum absolute atomic E-state index is 10.7. The first kappa shape index (κ1) is 14.9. The summed E-state index contributed by atoms with van der Waals surface area (Å²) in [5, 5.41) is 27.5. The molecule has 0 saturated carbocycles. The summed E-state index contributed by atoms with van der Waals surface area (Å²) in [7, 11) is 0.